The van der Waals surface area contributed by atoms with Crippen LogP contribution in [0.15, 0.2) is 48.5 Å². The summed E-state index contributed by atoms with van der Waals surface area (Å²) < 4.78 is 5.45. The number of nitrogens with zero attached hydrogens (tertiary/aromatic N) is 2. The van der Waals surface area contributed by atoms with E-state index in [4.69, 9.17) is 4.74 Å². The topological polar surface area (TPSA) is 49.9 Å². The van der Waals surface area contributed by atoms with Gasteiger partial charge in [0.25, 0.3) is 5.91 Å². The second-order valence-electron chi connectivity index (χ2n) is 6.81. The fraction of sp³-hybridized carbons (Fsp3) is 0.333. The predicted molar refractivity (Wildman–Crippen MR) is 99.2 cm³/mol. The van der Waals surface area contributed by atoms with Crippen LogP contribution in [0.2, 0.25) is 0 Å². The van der Waals surface area contributed by atoms with Crippen LogP contribution in [0.3, 0.4) is 0 Å². The third-order valence-corrected chi connectivity index (χ3v) is 5.32. The Bertz CT molecular complexity index is 849. The van der Waals surface area contributed by atoms with E-state index in [2.05, 4.69) is 12.1 Å². The first-order valence-electron chi connectivity index (χ1n) is 9.01. The molecule has 2 aliphatic rings. The first-order chi connectivity index (χ1) is 12.6. The van der Waals surface area contributed by atoms with Crippen molar-refractivity contribution in [3.63, 3.8) is 0 Å². The number of aryl methyl sites for hydroxylation is 1. The molecule has 0 saturated heterocycles. The van der Waals surface area contributed by atoms with Gasteiger partial charge in [-0.05, 0) is 36.1 Å². The highest BCUT2D eigenvalue weighted by atomic mass is 16.5. The van der Waals surface area contributed by atoms with Crippen LogP contribution in [0.1, 0.15) is 30.0 Å². The summed E-state index contributed by atoms with van der Waals surface area (Å²) in [7, 11) is 1.87. The lowest BCUT2D eigenvalue weighted by atomic mass is 10.1. The van der Waals surface area contributed by atoms with E-state index >= 15 is 0 Å². The lowest BCUT2D eigenvalue weighted by molar-refractivity contribution is -0.132. The maximum absolute atomic E-state index is 12.8. The fourth-order valence-corrected chi connectivity index (χ4v) is 3.89. The number of hydrogen-bond donors (Lipinski definition) is 0. The predicted octanol–water partition coefficient (Wildman–Crippen LogP) is 2.95. The van der Waals surface area contributed by atoms with Crippen LogP contribution in [0.25, 0.3) is 0 Å². The third kappa shape index (κ3) is 2.94. The Balaban J connectivity index is 1.44. The maximum Gasteiger partial charge on any atom is 0.265 e. The van der Waals surface area contributed by atoms with Gasteiger partial charge in [-0.3, -0.25) is 9.59 Å². The molecule has 0 N–H and O–H groups in total. The van der Waals surface area contributed by atoms with Crippen LogP contribution in [-0.2, 0) is 16.0 Å². The van der Waals surface area contributed by atoms with Crippen molar-refractivity contribution in [1.82, 2.24) is 4.90 Å². The monoisotopic (exact) mass is 350 g/mol. The van der Waals surface area contributed by atoms with E-state index < -0.39 is 0 Å². The first kappa shape index (κ1) is 16.6. The molecule has 4 rings (SSSR count). The molecule has 0 saturated carbocycles. The van der Waals surface area contributed by atoms with E-state index in [0.717, 1.165) is 18.5 Å². The highest BCUT2D eigenvalue weighted by Crippen LogP contribution is 2.35. The molecule has 0 aromatic heterocycles. The number of carbonyl (C=O) groups excluding carboxylic acids is 2. The number of fused-ring (bicyclic) bond motifs is 2. The van der Waals surface area contributed by atoms with E-state index in [1.54, 1.807) is 4.90 Å². The van der Waals surface area contributed by atoms with Gasteiger partial charge >= 0.3 is 0 Å². The van der Waals surface area contributed by atoms with Crippen molar-refractivity contribution in [3.8, 4) is 5.75 Å². The number of para-hydroxylation sites is 2. The van der Waals surface area contributed by atoms with Crippen molar-refractivity contribution < 1.29 is 14.3 Å². The zero-order chi connectivity index (χ0) is 18.1. The Morgan fingerprint density at radius 3 is 2.85 bits per heavy atom. The van der Waals surface area contributed by atoms with Crippen molar-refractivity contribution in [2.24, 2.45) is 0 Å². The number of amides is 2. The van der Waals surface area contributed by atoms with E-state index in [1.807, 2.05) is 48.3 Å². The average Bonchev–Trinajstić information content (AvgIpc) is 3.10. The Morgan fingerprint density at radius 2 is 1.96 bits per heavy atom. The van der Waals surface area contributed by atoms with Gasteiger partial charge in [0.2, 0.25) is 5.91 Å². The molecule has 1 heterocycles. The smallest absolute Gasteiger partial charge is 0.265 e. The second-order valence-corrected chi connectivity index (χ2v) is 6.81. The molecular weight excluding hydrogens is 328 g/mol. The first-order valence-corrected chi connectivity index (χ1v) is 9.01. The third-order valence-electron chi connectivity index (χ3n) is 5.32. The molecule has 0 bridgehead atoms. The van der Waals surface area contributed by atoms with E-state index in [-0.39, 0.29) is 24.5 Å². The quantitative estimate of drug-likeness (QED) is 0.852. The largest absolute Gasteiger partial charge is 0.482 e. The number of hydrogen-bond acceptors (Lipinski definition) is 3. The van der Waals surface area contributed by atoms with Crippen LogP contribution >= 0.6 is 0 Å². The van der Waals surface area contributed by atoms with E-state index in [1.165, 1.54) is 11.1 Å². The van der Waals surface area contributed by atoms with Crippen LogP contribution in [0, 0.1) is 0 Å². The van der Waals surface area contributed by atoms with Crippen molar-refractivity contribution in [1.29, 1.82) is 0 Å². The van der Waals surface area contributed by atoms with Crippen LogP contribution in [0.5, 0.6) is 5.75 Å². The van der Waals surface area contributed by atoms with Gasteiger partial charge in [0.1, 0.15) is 5.75 Å². The molecule has 1 aliphatic carbocycles. The Hall–Kier alpha value is -2.82. The molecule has 5 nitrogen and oxygen atoms in total. The molecular formula is C21H22N2O3. The molecule has 1 aliphatic heterocycles. The zero-order valence-corrected chi connectivity index (χ0v) is 14.9. The summed E-state index contributed by atoms with van der Waals surface area (Å²) >= 11 is 0. The molecule has 26 heavy (non-hydrogen) atoms. The van der Waals surface area contributed by atoms with Crippen LogP contribution in [0.4, 0.5) is 5.69 Å². The molecule has 1 atom stereocenters. The Morgan fingerprint density at radius 1 is 1.19 bits per heavy atom. The Kier molecular flexibility index (Phi) is 4.37. The molecule has 134 valence electrons. The minimum absolute atomic E-state index is 0.0248. The Labute approximate surface area is 153 Å². The van der Waals surface area contributed by atoms with Gasteiger partial charge < -0.3 is 14.5 Å². The molecule has 5 heteroatoms. The van der Waals surface area contributed by atoms with Gasteiger partial charge in [0.15, 0.2) is 6.61 Å². The SMILES string of the molecule is CN(C(=O)CCN1C(=O)COc2ccccc21)C1CCc2ccccc21. The lowest BCUT2D eigenvalue weighted by Crippen LogP contribution is -2.41. The van der Waals surface area contributed by atoms with Gasteiger partial charge in [0.05, 0.1) is 11.7 Å². The van der Waals surface area contributed by atoms with E-state index in [0.29, 0.717) is 18.7 Å². The van der Waals surface area contributed by atoms with Gasteiger partial charge in [-0.2, -0.15) is 0 Å². The minimum atomic E-state index is -0.106. The van der Waals surface area contributed by atoms with Gasteiger partial charge in [0, 0.05) is 20.0 Å². The molecule has 0 fully saturated rings. The van der Waals surface area contributed by atoms with Crippen molar-refractivity contribution in [2.75, 3.05) is 25.1 Å². The highest BCUT2D eigenvalue weighted by Gasteiger charge is 2.30. The number of rotatable bonds is 4. The molecule has 0 spiro atoms. The molecule has 1 unspecified atom stereocenters. The molecule has 2 aromatic carbocycles. The number of anilines is 1. The fourth-order valence-electron chi connectivity index (χ4n) is 3.89. The van der Waals surface area contributed by atoms with Gasteiger partial charge in [-0.1, -0.05) is 36.4 Å². The minimum Gasteiger partial charge on any atom is -0.482 e. The summed E-state index contributed by atoms with van der Waals surface area (Å²) in [6.45, 7) is 0.397. The molecule has 2 amide bonds. The van der Waals surface area contributed by atoms with Crippen LogP contribution < -0.4 is 9.64 Å². The van der Waals surface area contributed by atoms with Crippen molar-refractivity contribution >= 4 is 17.5 Å². The number of carbonyl (C=O) groups is 2. The standard InChI is InChI=1S/C21H22N2O3/c1-22(17-11-10-15-6-2-3-7-16(15)17)20(24)12-13-23-18-8-4-5-9-19(18)26-14-21(23)25/h2-9,17H,10-14H2,1H3. The number of benzene rings is 2. The molecule has 2 aromatic rings. The average molecular weight is 350 g/mol. The zero-order valence-electron chi connectivity index (χ0n) is 14.9. The summed E-state index contributed by atoms with van der Waals surface area (Å²) in [5.41, 5.74) is 3.32. The van der Waals surface area contributed by atoms with Crippen molar-refractivity contribution in [3.05, 3.63) is 59.7 Å². The normalized spacial score (nSPS) is 18.1. The summed E-state index contributed by atoms with van der Waals surface area (Å²) in [6, 6.07) is 15.9. The summed E-state index contributed by atoms with van der Waals surface area (Å²) in [5.74, 6) is 0.645. The highest BCUT2D eigenvalue weighted by molar-refractivity contribution is 5.98. The van der Waals surface area contributed by atoms with Gasteiger partial charge in [-0.15, -0.1) is 0 Å². The van der Waals surface area contributed by atoms with Crippen molar-refractivity contribution in [2.45, 2.75) is 25.3 Å². The number of ether oxygens (including phenoxy) is 1. The lowest BCUT2D eigenvalue weighted by Gasteiger charge is -2.30. The molecule has 0 radical (unpaired) electrons. The van der Waals surface area contributed by atoms with E-state index in [9.17, 15) is 9.59 Å². The summed E-state index contributed by atoms with van der Waals surface area (Å²) in [6.07, 6.45) is 2.27. The summed E-state index contributed by atoms with van der Waals surface area (Å²) in [5, 5.41) is 0. The second kappa shape index (κ2) is 6.83. The van der Waals surface area contributed by atoms with Gasteiger partial charge in [-0.25, -0.2) is 0 Å². The maximum atomic E-state index is 12.8. The summed E-state index contributed by atoms with van der Waals surface area (Å²) in [4.78, 5) is 28.5. The van der Waals surface area contributed by atoms with Crippen LogP contribution in [-0.4, -0.2) is 36.9 Å².